The molecule has 110 valence electrons. The van der Waals surface area contributed by atoms with E-state index in [4.69, 9.17) is 9.84 Å². The third-order valence-electron chi connectivity index (χ3n) is 4.12. The summed E-state index contributed by atoms with van der Waals surface area (Å²) in [5.41, 5.74) is 1.46. The summed E-state index contributed by atoms with van der Waals surface area (Å²) in [6, 6.07) is 7.55. The number of carboxylic acids is 1. The second-order valence-electron chi connectivity index (χ2n) is 5.63. The fourth-order valence-electron chi connectivity index (χ4n) is 2.90. The highest BCUT2D eigenvalue weighted by Gasteiger charge is 2.38. The van der Waals surface area contributed by atoms with Gasteiger partial charge in [-0.25, -0.2) is 0 Å². The second kappa shape index (κ2) is 5.24. The SMILES string of the molecule is C[C@@H]1CN(C(=O)C2=Cc3ccccc3OC2)C[C@H]1C(=O)O. The molecule has 0 unspecified atom stereocenters. The van der Waals surface area contributed by atoms with Crippen LogP contribution < -0.4 is 4.74 Å². The fraction of sp³-hybridized carbons (Fsp3) is 0.375. The first kappa shape index (κ1) is 13.7. The molecule has 21 heavy (non-hydrogen) atoms. The van der Waals surface area contributed by atoms with Crippen molar-refractivity contribution in [1.82, 2.24) is 4.90 Å². The van der Waals surface area contributed by atoms with Crippen molar-refractivity contribution in [3.63, 3.8) is 0 Å². The summed E-state index contributed by atoms with van der Waals surface area (Å²) in [5.74, 6) is -0.695. The molecule has 2 heterocycles. The molecule has 0 aliphatic carbocycles. The first-order valence-electron chi connectivity index (χ1n) is 7.00. The van der Waals surface area contributed by atoms with Crippen LogP contribution in [0.3, 0.4) is 0 Å². The first-order valence-corrected chi connectivity index (χ1v) is 7.00. The number of nitrogens with zero attached hydrogens (tertiary/aromatic N) is 1. The van der Waals surface area contributed by atoms with Gasteiger partial charge in [0.05, 0.1) is 11.5 Å². The molecule has 1 amide bonds. The van der Waals surface area contributed by atoms with Crippen LogP contribution >= 0.6 is 0 Å². The third kappa shape index (κ3) is 2.51. The van der Waals surface area contributed by atoms with Gasteiger partial charge in [-0.15, -0.1) is 0 Å². The molecule has 0 spiro atoms. The van der Waals surface area contributed by atoms with E-state index in [0.29, 0.717) is 12.1 Å². The number of likely N-dealkylation sites (tertiary alicyclic amines) is 1. The molecule has 2 aliphatic heterocycles. The number of hydrogen-bond acceptors (Lipinski definition) is 3. The lowest BCUT2D eigenvalue weighted by Crippen LogP contribution is -2.33. The molecule has 1 fully saturated rings. The Morgan fingerprint density at radius 2 is 2.05 bits per heavy atom. The van der Waals surface area contributed by atoms with Crippen LogP contribution in [-0.4, -0.2) is 41.6 Å². The number of rotatable bonds is 2. The van der Waals surface area contributed by atoms with Gasteiger partial charge in [0.25, 0.3) is 5.91 Å². The van der Waals surface area contributed by atoms with Gasteiger partial charge in [0.2, 0.25) is 0 Å². The summed E-state index contributed by atoms with van der Waals surface area (Å²) in [6.45, 7) is 2.86. The molecule has 5 nitrogen and oxygen atoms in total. The van der Waals surface area contributed by atoms with Crippen LogP contribution in [0.25, 0.3) is 6.08 Å². The minimum Gasteiger partial charge on any atom is -0.488 e. The van der Waals surface area contributed by atoms with E-state index < -0.39 is 11.9 Å². The monoisotopic (exact) mass is 287 g/mol. The number of carboxylic acid groups (broad SMARTS) is 1. The number of carbonyl (C=O) groups is 2. The van der Waals surface area contributed by atoms with Crippen molar-refractivity contribution < 1.29 is 19.4 Å². The van der Waals surface area contributed by atoms with Crippen molar-refractivity contribution >= 4 is 18.0 Å². The molecule has 1 aromatic rings. The number of aliphatic carboxylic acids is 1. The van der Waals surface area contributed by atoms with Crippen molar-refractivity contribution in [2.45, 2.75) is 6.92 Å². The predicted molar refractivity (Wildman–Crippen MR) is 76.8 cm³/mol. The maximum atomic E-state index is 12.5. The van der Waals surface area contributed by atoms with Crippen LogP contribution in [0.5, 0.6) is 5.75 Å². The summed E-state index contributed by atoms with van der Waals surface area (Å²) in [5, 5.41) is 9.15. The lowest BCUT2D eigenvalue weighted by Gasteiger charge is -2.22. The standard InChI is InChI=1S/C16H17NO4/c1-10-7-17(8-13(10)16(19)20)15(18)12-6-11-4-2-3-5-14(11)21-9-12/h2-6,10,13H,7-9H2,1H3,(H,19,20)/t10-,13-/m1/s1. The highest BCUT2D eigenvalue weighted by molar-refractivity contribution is 5.99. The van der Waals surface area contributed by atoms with Crippen LogP contribution in [0, 0.1) is 11.8 Å². The Morgan fingerprint density at radius 1 is 1.29 bits per heavy atom. The molecule has 1 saturated heterocycles. The van der Waals surface area contributed by atoms with Gasteiger partial charge < -0.3 is 14.7 Å². The molecule has 1 N–H and O–H groups in total. The number of ether oxygens (including phenoxy) is 1. The van der Waals surface area contributed by atoms with Gasteiger partial charge >= 0.3 is 5.97 Å². The van der Waals surface area contributed by atoms with E-state index in [1.54, 1.807) is 4.90 Å². The zero-order valence-electron chi connectivity index (χ0n) is 11.8. The van der Waals surface area contributed by atoms with Crippen LogP contribution in [0.1, 0.15) is 12.5 Å². The summed E-state index contributed by atoms with van der Waals surface area (Å²) >= 11 is 0. The normalized spacial score (nSPS) is 24.0. The summed E-state index contributed by atoms with van der Waals surface area (Å²) in [4.78, 5) is 25.3. The van der Waals surface area contributed by atoms with Crippen molar-refractivity contribution in [3.05, 3.63) is 35.4 Å². The van der Waals surface area contributed by atoms with Crippen LogP contribution in [0.4, 0.5) is 0 Å². The lowest BCUT2D eigenvalue weighted by molar-refractivity contribution is -0.142. The van der Waals surface area contributed by atoms with Gasteiger partial charge in [-0.2, -0.15) is 0 Å². The van der Waals surface area contributed by atoms with Gasteiger partial charge in [0.15, 0.2) is 0 Å². The maximum Gasteiger partial charge on any atom is 0.308 e. The maximum absolute atomic E-state index is 12.5. The summed E-state index contributed by atoms with van der Waals surface area (Å²) in [6.07, 6.45) is 1.83. The second-order valence-corrected chi connectivity index (χ2v) is 5.63. The highest BCUT2D eigenvalue weighted by atomic mass is 16.5. The molecular weight excluding hydrogens is 270 g/mol. The molecule has 0 radical (unpaired) electrons. The van der Waals surface area contributed by atoms with Crippen molar-refractivity contribution in [2.75, 3.05) is 19.7 Å². The fourth-order valence-corrected chi connectivity index (χ4v) is 2.90. The Hall–Kier alpha value is -2.30. The lowest BCUT2D eigenvalue weighted by atomic mass is 9.99. The Balaban J connectivity index is 1.78. The quantitative estimate of drug-likeness (QED) is 0.898. The van der Waals surface area contributed by atoms with E-state index in [1.165, 1.54) is 0 Å². The number of amides is 1. The van der Waals surface area contributed by atoms with Gasteiger partial charge in [-0.1, -0.05) is 25.1 Å². The van der Waals surface area contributed by atoms with Crippen molar-refractivity contribution in [3.8, 4) is 5.75 Å². The zero-order chi connectivity index (χ0) is 15.0. The van der Waals surface area contributed by atoms with E-state index >= 15 is 0 Å². The topological polar surface area (TPSA) is 66.8 Å². The van der Waals surface area contributed by atoms with Crippen LogP contribution in [-0.2, 0) is 9.59 Å². The molecule has 3 rings (SSSR count). The van der Waals surface area contributed by atoms with Gasteiger partial charge in [-0.05, 0) is 18.1 Å². The average Bonchev–Trinajstić information content (AvgIpc) is 2.88. The number of fused-ring (bicyclic) bond motifs is 1. The zero-order valence-corrected chi connectivity index (χ0v) is 11.8. The van der Waals surface area contributed by atoms with Crippen molar-refractivity contribution in [1.29, 1.82) is 0 Å². The van der Waals surface area contributed by atoms with E-state index in [1.807, 2.05) is 37.3 Å². The van der Waals surface area contributed by atoms with E-state index in [0.717, 1.165) is 11.3 Å². The Morgan fingerprint density at radius 3 is 2.76 bits per heavy atom. The largest absolute Gasteiger partial charge is 0.488 e. The van der Waals surface area contributed by atoms with E-state index in [2.05, 4.69) is 0 Å². The molecule has 0 aromatic heterocycles. The summed E-state index contributed by atoms with van der Waals surface area (Å²) in [7, 11) is 0. The smallest absolute Gasteiger partial charge is 0.308 e. The highest BCUT2D eigenvalue weighted by Crippen LogP contribution is 2.29. The Kier molecular flexibility index (Phi) is 3.41. The summed E-state index contributed by atoms with van der Waals surface area (Å²) < 4.78 is 5.59. The molecular formula is C16H17NO4. The van der Waals surface area contributed by atoms with Gasteiger partial charge in [0.1, 0.15) is 12.4 Å². The molecule has 2 aliphatic rings. The van der Waals surface area contributed by atoms with Crippen LogP contribution in [0.15, 0.2) is 29.8 Å². The number of benzene rings is 1. The van der Waals surface area contributed by atoms with E-state index in [9.17, 15) is 9.59 Å². The molecule has 1 aromatic carbocycles. The predicted octanol–water partition coefficient (Wildman–Crippen LogP) is 1.64. The minimum absolute atomic E-state index is 0.0242. The third-order valence-corrected chi connectivity index (χ3v) is 4.12. The van der Waals surface area contributed by atoms with Crippen LogP contribution in [0.2, 0.25) is 0 Å². The molecule has 2 atom stereocenters. The average molecular weight is 287 g/mol. The van der Waals surface area contributed by atoms with Gasteiger partial charge in [-0.3, -0.25) is 9.59 Å². The Bertz CT molecular complexity index is 622. The first-order chi connectivity index (χ1) is 10.1. The Labute approximate surface area is 122 Å². The molecule has 0 bridgehead atoms. The number of carbonyl (C=O) groups excluding carboxylic acids is 1. The number of para-hydroxylation sites is 1. The van der Waals surface area contributed by atoms with E-state index in [-0.39, 0.29) is 25.0 Å². The molecule has 0 saturated carbocycles. The minimum atomic E-state index is -0.836. The number of hydrogen-bond donors (Lipinski definition) is 1. The molecule has 5 heteroatoms. The van der Waals surface area contributed by atoms with Crippen molar-refractivity contribution in [2.24, 2.45) is 11.8 Å². The van der Waals surface area contributed by atoms with Gasteiger partial charge in [0, 0.05) is 18.7 Å².